The highest BCUT2D eigenvalue weighted by molar-refractivity contribution is 7.90. The quantitative estimate of drug-likeness (QED) is 0.162. The van der Waals surface area contributed by atoms with Crippen LogP contribution in [0.2, 0.25) is 5.02 Å². The maximum absolute atomic E-state index is 13.6. The Kier molecular flexibility index (Phi) is 8.02. The summed E-state index contributed by atoms with van der Waals surface area (Å²) in [5, 5.41) is 14.7. The second-order valence-electron chi connectivity index (χ2n) is 10.5. The average molecular weight is 631 g/mol. The lowest BCUT2D eigenvalue weighted by atomic mass is 9.94. The molecule has 2 aromatic heterocycles. The zero-order valence-corrected chi connectivity index (χ0v) is 24.9. The number of amides is 2. The van der Waals surface area contributed by atoms with E-state index in [-0.39, 0.29) is 22.5 Å². The summed E-state index contributed by atoms with van der Waals surface area (Å²) in [4.78, 5) is 34.5. The van der Waals surface area contributed by atoms with Crippen molar-refractivity contribution in [3.63, 3.8) is 0 Å². The van der Waals surface area contributed by atoms with Gasteiger partial charge in [0.2, 0.25) is 0 Å². The number of rotatable bonds is 7. The van der Waals surface area contributed by atoms with Gasteiger partial charge in [0.1, 0.15) is 5.82 Å². The van der Waals surface area contributed by atoms with Gasteiger partial charge in [0.15, 0.2) is 0 Å². The minimum absolute atomic E-state index is 0.0502. The molecule has 0 spiro atoms. The lowest BCUT2D eigenvalue weighted by Gasteiger charge is -2.32. The van der Waals surface area contributed by atoms with Gasteiger partial charge in [0, 0.05) is 60.7 Å². The highest BCUT2D eigenvalue weighted by Crippen LogP contribution is 2.35. The van der Waals surface area contributed by atoms with E-state index in [4.69, 9.17) is 16.6 Å². The first-order valence-electron chi connectivity index (χ1n) is 13.9. The van der Waals surface area contributed by atoms with Crippen molar-refractivity contribution in [2.45, 2.75) is 24.2 Å². The molecule has 13 heteroatoms. The highest BCUT2D eigenvalue weighted by Gasteiger charge is 2.27. The smallest absolute Gasteiger partial charge is 0.321 e. The minimum atomic E-state index is -3.88. The number of para-hydroxylation sites is 1. The molecule has 0 aliphatic carbocycles. The first-order chi connectivity index (χ1) is 21.2. The highest BCUT2D eigenvalue weighted by atomic mass is 35.5. The molecular formula is C31H27ClN6O5S. The third-order valence-electron chi connectivity index (χ3n) is 7.63. The van der Waals surface area contributed by atoms with Crippen LogP contribution in [-0.2, 0) is 16.4 Å². The molecule has 44 heavy (non-hydrogen) atoms. The van der Waals surface area contributed by atoms with Crippen LogP contribution in [0.4, 0.5) is 16.2 Å². The fourth-order valence-electron chi connectivity index (χ4n) is 5.48. The fourth-order valence-corrected chi connectivity index (χ4v) is 7.06. The molecule has 1 fully saturated rings. The van der Waals surface area contributed by atoms with Crippen LogP contribution in [0, 0.1) is 16.0 Å². The molecular weight excluding hydrogens is 604 g/mol. The van der Waals surface area contributed by atoms with Gasteiger partial charge in [0.05, 0.1) is 26.1 Å². The number of likely N-dealkylation sites (tertiary alicyclic amines) is 1. The van der Waals surface area contributed by atoms with Gasteiger partial charge in [-0.1, -0.05) is 48.0 Å². The molecule has 3 heterocycles. The van der Waals surface area contributed by atoms with E-state index in [9.17, 15) is 23.3 Å². The Bertz CT molecular complexity index is 1970. The van der Waals surface area contributed by atoms with Gasteiger partial charge >= 0.3 is 6.03 Å². The molecule has 0 saturated carbocycles. The number of carbonyl (C=O) groups excluding carboxylic acids is 1. The Morgan fingerprint density at radius 1 is 1.05 bits per heavy atom. The van der Waals surface area contributed by atoms with E-state index in [0.29, 0.717) is 58.2 Å². The van der Waals surface area contributed by atoms with Crippen molar-refractivity contribution in [3.8, 4) is 11.3 Å². The number of piperidine rings is 1. The van der Waals surface area contributed by atoms with E-state index >= 15 is 0 Å². The summed E-state index contributed by atoms with van der Waals surface area (Å²) in [5.41, 5.74) is 1.93. The molecule has 1 atom stereocenters. The van der Waals surface area contributed by atoms with Crippen LogP contribution in [0.1, 0.15) is 18.7 Å². The van der Waals surface area contributed by atoms with Crippen LogP contribution in [0.15, 0.2) is 96.2 Å². The second kappa shape index (κ2) is 12.1. The molecule has 1 unspecified atom stereocenters. The Labute approximate surface area is 258 Å². The number of carbonyl (C=O) groups is 1. The normalized spacial score (nSPS) is 15.3. The SMILES string of the molecule is O=C(Nc1ccc([N+](=O)[O-])cc1)N1CCCC(Cc2ncc(Cl)c(-c3cn(S(=O)(=O)c4ccccc4)c4ccccc34)n2)C1. The Morgan fingerprint density at radius 2 is 1.77 bits per heavy atom. The monoisotopic (exact) mass is 630 g/mol. The van der Waals surface area contributed by atoms with Crippen LogP contribution in [0.3, 0.4) is 0 Å². The number of aromatic nitrogens is 3. The molecule has 6 rings (SSSR count). The van der Waals surface area contributed by atoms with Gasteiger partial charge in [-0.15, -0.1) is 0 Å². The molecule has 1 N–H and O–H groups in total. The summed E-state index contributed by atoms with van der Waals surface area (Å²) >= 11 is 6.60. The van der Waals surface area contributed by atoms with Crippen molar-refractivity contribution in [1.82, 2.24) is 18.8 Å². The van der Waals surface area contributed by atoms with Gasteiger partial charge in [0.25, 0.3) is 15.7 Å². The van der Waals surface area contributed by atoms with Crippen molar-refractivity contribution in [1.29, 1.82) is 0 Å². The Hall–Kier alpha value is -4.81. The molecule has 3 aromatic carbocycles. The molecule has 5 aromatic rings. The van der Waals surface area contributed by atoms with E-state index in [0.717, 1.165) is 12.8 Å². The van der Waals surface area contributed by atoms with Crippen molar-refractivity contribution >= 4 is 49.9 Å². The maximum Gasteiger partial charge on any atom is 0.321 e. The van der Waals surface area contributed by atoms with Crippen molar-refractivity contribution in [2.24, 2.45) is 5.92 Å². The standard InChI is InChI=1S/C31H27ClN6O5S/c32-27-18-33-29(17-21-7-6-16-36(19-21)31(39)34-22-12-14-23(15-13-22)38(40)41)35-30(27)26-20-37(28-11-5-4-10-25(26)28)44(42,43)24-8-2-1-3-9-24/h1-5,8-15,18,20-21H,6-7,16-17,19H2,(H,34,39). The molecule has 2 amide bonds. The molecule has 0 radical (unpaired) electrons. The Morgan fingerprint density at radius 3 is 2.52 bits per heavy atom. The summed E-state index contributed by atoms with van der Waals surface area (Å²) in [6, 6.07) is 20.8. The molecule has 1 aliphatic heterocycles. The molecule has 1 aliphatic rings. The predicted octanol–water partition coefficient (Wildman–Crippen LogP) is 6.38. The third kappa shape index (κ3) is 5.86. The topological polar surface area (TPSA) is 140 Å². The van der Waals surface area contributed by atoms with Crippen LogP contribution in [-0.4, -0.2) is 51.3 Å². The average Bonchev–Trinajstić information content (AvgIpc) is 3.43. The van der Waals surface area contributed by atoms with E-state index in [2.05, 4.69) is 10.3 Å². The van der Waals surface area contributed by atoms with Crippen molar-refractivity contribution < 1.29 is 18.1 Å². The third-order valence-corrected chi connectivity index (χ3v) is 9.60. The summed E-state index contributed by atoms with van der Waals surface area (Å²) in [5.74, 6) is 0.620. The van der Waals surface area contributed by atoms with Crippen molar-refractivity contribution in [3.05, 3.63) is 112 Å². The number of non-ortho nitro benzene ring substituents is 1. The van der Waals surface area contributed by atoms with Gasteiger partial charge < -0.3 is 10.2 Å². The number of anilines is 1. The number of halogens is 1. The Balaban J connectivity index is 1.23. The number of fused-ring (bicyclic) bond motifs is 1. The zero-order chi connectivity index (χ0) is 30.8. The van der Waals surface area contributed by atoms with Crippen LogP contribution in [0.25, 0.3) is 22.2 Å². The second-order valence-corrected chi connectivity index (χ2v) is 12.8. The first kappa shape index (κ1) is 29.3. The summed E-state index contributed by atoms with van der Waals surface area (Å²) in [7, 11) is -3.88. The number of nitro groups is 1. The largest absolute Gasteiger partial charge is 0.324 e. The molecule has 224 valence electrons. The van der Waals surface area contributed by atoms with Gasteiger partial charge in [-0.25, -0.2) is 27.2 Å². The lowest BCUT2D eigenvalue weighted by molar-refractivity contribution is -0.384. The number of benzene rings is 3. The lowest BCUT2D eigenvalue weighted by Crippen LogP contribution is -2.42. The predicted molar refractivity (Wildman–Crippen MR) is 167 cm³/mol. The molecule has 0 bridgehead atoms. The number of urea groups is 1. The summed E-state index contributed by atoms with van der Waals surface area (Å²) in [6.45, 7) is 1.06. The van der Waals surface area contributed by atoms with Gasteiger partial charge in [-0.05, 0) is 49.1 Å². The first-order valence-corrected chi connectivity index (χ1v) is 15.8. The van der Waals surface area contributed by atoms with Crippen LogP contribution in [0.5, 0.6) is 0 Å². The van der Waals surface area contributed by atoms with E-state index < -0.39 is 14.9 Å². The molecule has 1 saturated heterocycles. The number of nitro benzene ring substituents is 1. The minimum Gasteiger partial charge on any atom is -0.324 e. The van der Waals surface area contributed by atoms with E-state index in [1.807, 2.05) is 12.1 Å². The number of nitrogens with one attached hydrogen (secondary N) is 1. The zero-order valence-electron chi connectivity index (χ0n) is 23.3. The summed E-state index contributed by atoms with van der Waals surface area (Å²) in [6.07, 6.45) is 5.24. The van der Waals surface area contributed by atoms with E-state index in [1.165, 1.54) is 34.4 Å². The number of hydrogen-bond donors (Lipinski definition) is 1. The number of nitrogens with zero attached hydrogens (tertiary/aromatic N) is 5. The van der Waals surface area contributed by atoms with Crippen molar-refractivity contribution in [2.75, 3.05) is 18.4 Å². The van der Waals surface area contributed by atoms with Gasteiger partial charge in [-0.2, -0.15) is 0 Å². The summed E-state index contributed by atoms with van der Waals surface area (Å²) < 4.78 is 28.4. The fraction of sp³-hybridized carbons (Fsp3) is 0.194. The van der Waals surface area contributed by atoms with Crippen LogP contribution >= 0.6 is 11.6 Å². The van der Waals surface area contributed by atoms with Gasteiger partial charge in [-0.3, -0.25) is 10.1 Å². The van der Waals surface area contributed by atoms with E-state index in [1.54, 1.807) is 53.6 Å². The van der Waals surface area contributed by atoms with Crippen LogP contribution < -0.4 is 5.32 Å². The molecule has 11 nitrogen and oxygen atoms in total. The maximum atomic E-state index is 13.6. The number of hydrogen-bond acceptors (Lipinski definition) is 7.